The number of pyridine rings is 1. The largest absolute Gasteiger partial charge is 0.372 e. The summed E-state index contributed by atoms with van der Waals surface area (Å²) in [4.78, 5) is 11.6. The van der Waals surface area contributed by atoms with Crippen LogP contribution in [0.3, 0.4) is 0 Å². The van der Waals surface area contributed by atoms with Crippen LogP contribution in [0.4, 0.5) is 5.69 Å². The first-order valence-electron chi connectivity index (χ1n) is 10.5. The van der Waals surface area contributed by atoms with Gasteiger partial charge in [0, 0.05) is 50.2 Å². The van der Waals surface area contributed by atoms with Crippen LogP contribution in [0.25, 0.3) is 0 Å². The lowest BCUT2D eigenvalue weighted by Gasteiger charge is -2.32. The topological polar surface area (TPSA) is 52.6 Å². The van der Waals surface area contributed by atoms with Crippen LogP contribution in [0, 0.1) is 5.92 Å². The third-order valence-corrected chi connectivity index (χ3v) is 5.25. The van der Waals surface area contributed by atoms with Crippen LogP contribution >= 0.6 is 0 Å². The predicted molar refractivity (Wildman–Crippen MR) is 118 cm³/mol. The molecule has 2 heterocycles. The van der Waals surface area contributed by atoms with Gasteiger partial charge in [-0.05, 0) is 55.5 Å². The molecule has 5 heteroatoms. The Bertz CT molecular complexity index is 718. The fourth-order valence-corrected chi connectivity index (χ4v) is 3.45. The van der Waals surface area contributed by atoms with Gasteiger partial charge < -0.3 is 15.5 Å². The smallest absolute Gasteiger partial charge is 0.191 e. The van der Waals surface area contributed by atoms with Gasteiger partial charge in [0.05, 0.1) is 6.54 Å². The van der Waals surface area contributed by atoms with Gasteiger partial charge in [0.15, 0.2) is 5.96 Å². The number of nitrogens with zero attached hydrogens (tertiary/aromatic N) is 3. The van der Waals surface area contributed by atoms with Crippen molar-refractivity contribution in [2.24, 2.45) is 10.9 Å². The molecule has 0 atom stereocenters. The second kappa shape index (κ2) is 10.7. The van der Waals surface area contributed by atoms with Crippen molar-refractivity contribution < 1.29 is 0 Å². The van der Waals surface area contributed by atoms with E-state index in [1.165, 1.54) is 37.2 Å². The molecule has 1 aromatic heterocycles. The molecule has 1 fully saturated rings. The van der Waals surface area contributed by atoms with Gasteiger partial charge in [-0.3, -0.25) is 4.98 Å². The summed E-state index contributed by atoms with van der Waals surface area (Å²) in [5, 5.41) is 6.71. The van der Waals surface area contributed by atoms with E-state index in [2.05, 4.69) is 64.7 Å². The first kappa shape index (κ1) is 20.2. The highest BCUT2D eigenvalue weighted by molar-refractivity contribution is 5.79. The summed E-state index contributed by atoms with van der Waals surface area (Å²) in [6, 6.07) is 14.9. The summed E-state index contributed by atoms with van der Waals surface area (Å²) >= 11 is 0. The minimum absolute atomic E-state index is 0.677. The lowest BCUT2D eigenvalue weighted by atomic mass is 9.99. The molecule has 0 amide bonds. The van der Waals surface area contributed by atoms with Gasteiger partial charge in [0.2, 0.25) is 0 Å². The summed E-state index contributed by atoms with van der Waals surface area (Å²) in [6.07, 6.45) is 5.31. The second-order valence-corrected chi connectivity index (χ2v) is 7.53. The van der Waals surface area contributed by atoms with Crippen LogP contribution in [0.1, 0.15) is 37.9 Å². The van der Waals surface area contributed by atoms with E-state index in [0.29, 0.717) is 6.54 Å². The number of nitrogens with one attached hydrogen (secondary N) is 2. The third-order valence-electron chi connectivity index (χ3n) is 5.25. The predicted octanol–water partition coefficient (Wildman–Crippen LogP) is 3.62. The lowest BCUT2D eigenvalue weighted by molar-refractivity contribution is 0.438. The highest BCUT2D eigenvalue weighted by atomic mass is 15.2. The van der Waals surface area contributed by atoms with Gasteiger partial charge in [0.1, 0.15) is 0 Å². The molecule has 0 aliphatic carbocycles. The monoisotopic (exact) mass is 379 g/mol. The molecule has 3 rings (SSSR count). The fourth-order valence-electron chi connectivity index (χ4n) is 3.45. The summed E-state index contributed by atoms with van der Waals surface area (Å²) in [5.74, 6) is 1.71. The number of benzene rings is 1. The Hall–Kier alpha value is -2.56. The number of rotatable bonds is 7. The second-order valence-electron chi connectivity index (χ2n) is 7.53. The van der Waals surface area contributed by atoms with Crippen molar-refractivity contribution in [2.75, 3.05) is 31.1 Å². The number of guanidine groups is 1. The quantitative estimate of drug-likeness (QED) is 0.570. The van der Waals surface area contributed by atoms with Crippen molar-refractivity contribution in [3.63, 3.8) is 0 Å². The molecule has 1 saturated heterocycles. The maximum absolute atomic E-state index is 4.73. The van der Waals surface area contributed by atoms with E-state index in [0.717, 1.165) is 37.1 Å². The van der Waals surface area contributed by atoms with Crippen LogP contribution in [-0.2, 0) is 13.0 Å². The Morgan fingerprint density at radius 2 is 1.89 bits per heavy atom. The maximum Gasteiger partial charge on any atom is 0.191 e. The van der Waals surface area contributed by atoms with Crippen molar-refractivity contribution in [2.45, 2.75) is 39.7 Å². The van der Waals surface area contributed by atoms with Crippen molar-refractivity contribution in [1.29, 1.82) is 0 Å². The minimum atomic E-state index is 0.677. The van der Waals surface area contributed by atoms with E-state index >= 15 is 0 Å². The first-order valence-corrected chi connectivity index (χ1v) is 10.5. The van der Waals surface area contributed by atoms with Crippen LogP contribution in [-0.4, -0.2) is 37.1 Å². The maximum atomic E-state index is 4.73. The Labute approximate surface area is 169 Å². The molecule has 0 radical (unpaired) electrons. The SMILES string of the molecule is CCNC(=NCc1ccc(N2CCC(C)CC2)cc1)NCCc1ccccn1. The molecule has 0 unspecified atom stereocenters. The van der Waals surface area contributed by atoms with Gasteiger partial charge >= 0.3 is 0 Å². The molecule has 2 N–H and O–H groups in total. The average Bonchev–Trinajstić information content (AvgIpc) is 2.74. The van der Waals surface area contributed by atoms with Gasteiger partial charge in [-0.1, -0.05) is 25.1 Å². The van der Waals surface area contributed by atoms with Crippen LogP contribution in [0.15, 0.2) is 53.7 Å². The van der Waals surface area contributed by atoms with E-state index in [9.17, 15) is 0 Å². The highest BCUT2D eigenvalue weighted by Gasteiger charge is 2.15. The first-order chi connectivity index (χ1) is 13.7. The van der Waals surface area contributed by atoms with Gasteiger partial charge in [-0.15, -0.1) is 0 Å². The molecule has 1 aromatic carbocycles. The molecule has 0 bridgehead atoms. The molecular weight excluding hydrogens is 346 g/mol. The number of hydrogen-bond acceptors (Lipinski definition) is 3. The number of aliphatic imine (C=N–C) groups is 1. The molecule has 28 heavy (non-hydrogen) atoms. The van der Waals surface area contributed by atoms with Crippen molar-refractivity contribution in [3.8, 4) is 0 Å². The standard InChI is InChI=1S/C23H33N5/c1-3-24-23(26-15-11-21-6-4-5-14-25-21)27-18-20-7-9-22(10-8-20)28-16-12-19(2)13-17-28/h4-10,14,19H,3,11-13,15-18H2,1-2H3,(H2,24,26,27). The molecule has 5 nitrogen and oxygen atoms in total. The van der Waals surface area contributed by atoms with Crippen molar-refractivity contribution in [1.82, 2.24) is 15.6 Å². The molecule has 150 valence electrons. The average molecular weight is 380 g/mol. The lowest BCUT2D eigenvalue weighted by Crippen LogP contribution is -2.38. The molecule has 0 saturated carbocycles. The van der Waals surface area contributed by atoms with Crippen LogP contribution < -0.4 is 15.5 Å². The Morgan fingerprint density at radius 1 is 1.11 bits per heavy atom. The van der Waals surface area contributed by atoms with E-state index < -0.39 is 0 Å². The van der Waals surface area contributed by atoms with Crippen molar-refractivity contribution >= 4 is 11.6 Å². The summed E-state index contributed by atoms with van der Waals surface area (Å²) in [6.45, 7) is 9.12. The summed E-state index contributed by atoms with van der Waals surface area (Å²) in [7, 11) is 0. The Morgan fingerprint density at radius 3 is 2.57 bits per heavy atom. The van der Waals surface area contributed by atoms with E-state index in [-0.39, 0.29) is 0 Å². The van der Waals surface area contributed by atoms with Crippen molar-refractivity contribution in [3.05, 3.63) is 59.9 Å². The zero-order valence-corrected chi connectivity index (χ0v) is 17.2. The molecule has 1 aliphatic heterocycles. The summed E-state index contributed by atoms with van der Waals surface area (Å²) in [5.41, 5.74) is 3.66. The zero-order valence-electron chi connectivity index (χ0n) is 17.2. The van der Waals surface area contributed by atoms with Gasteiger partial charge in [-0.25, -0.2) is 4.99 Å². The normalized spacial score (nSPS) is 15.5. The van der Waals surface area contributed by atoms with Gasteiger partial charge in [0.25, 0.3) is 0 Å². The van der Waals surface area contributed by atoms with Gasteiger partial charge in [-0.2, -0.15) is 0 Å². The van der Waals surface area contributed by atoms with E-state index in [1.54, 1.807) is 0 Å². The Balaban J connectivity index is 1.50. The summed E-state index contributed by atoms with van der Waals surface area (Å²) < 4.78 is 0. The Kier molecular flexibility index (Phi) is 7.71. The number of hydrogen-bond donors (Lipinski definition) is 2. The molecule has 2 aromatic rings. The van der Waals surface area contributed by atoms with E-state index in [1.807, 2.05) is 18.3 Å². The third kappa shape index (κ3) is 6.25. The number of aromatic nitrogens is 1. The van der Waals surface area contributed by atoms with E-state index in [4.69, 9.17) is 4.99 Å². The number of piperidine rings is 1. The van der Waals surface area contributed by atoms with Crippen LogP contribution in [0.2, 0.25) is 0 Å². The number of anilines is 1. The molecule has 0 spiro atoms. The zero-order chi connectivity index (χ0) is 19.6. The molecule has 1 aliphatic rings. The molecular formula is C23H33N5. The van der Waals surface area contributed by atoms with Crippen LogP contribution in [0.5, 0.6) is 0 Å². The fraction of sp³-hybridized carbons (Fsp3) is 0.478. The minimum Gasteiger partial charge on any atom is -0.372 e. The highest BCUT2D eigenvalue weighted by Crippen LogP contribution is 2.23.